The van der Waals surface area contributed by atoms with E-state index in [2.05, 4.69) is 26.0 Å². The van der Waals surface area contributed by atoms with Crippen molar-refractivity contribution in [2.24, 2.45) is 23.5 Å². The van der Waals surface area contributed by atoms with Crippen LogP contribution in [0.25, 0.3) is 0 Å². The number of nitrogens with two attached hydrogens (primary N) is 1. The molecule has 0 spiro atoms. The Labute approximate surface area is 88.8 Å². The smallest absolute Gasteiger partial charge is 0.00743 e. The van der Waals surface area contributed by atoms with Crippen LogP contribution in [0.4, 0.5) is 0 Å². The average Bonchev–Trinajstić information content (AvgIpc) is 2.16. The summed E-state index contributed by atoms with van der Waals surface area (Å²) in [7, 11) is 0. The molecule has 1 nitrogen and oxygen atoms in total. The first-order valence-corrected chi connectivity index (χ1v) is 6.12. The normalized spacial score (nSPS) is 33.8. The van der Waals surface area contributed by atoms with Gasteiger partial charge in [-0.15, -0.1) is 0 Å². The SMILES string of the molecule is CC1CCC[C@@H](C)C1/C=C\CCCN. The molecule has 1 heteroatoms. The minimum Gasteiger partial charge on any atom is -0.330 e. The summed E-state index contributed by atoms with van der Waals surface area (Å²) in [5.74, 6) is 2.59. The van der Waals surface area contributed by atoms with Gasteiger partial charge < -0.3 is 5.73 Å². The highest BCUT2D eigenvalue weighted by atomic mass is 14.5. The third-order valence-electron chi connectivity index (χ3n) is 3.57. The van der Waals surface area contributed by atoms with Gasteiger partial charge in [-0.25, -0.2) is 0 Å². The van der Waals surface area contributed by atoms with E-state index in [0.717, 1.165) is 37.1 Å². The van der Waals surface area contributed by atoms with Crippen LogP contribution in [0.15, 0.2) is 12.2 Å². The summed E-state index contributed by atoms with van der Waals surface area (Å²) < 4.78 is 0. The highest BCUT2D eigenvalue weighted by molar-refractivity contribution is 4.95. The summed E-state index contributed by atoms with van der Waals surface area (Å²) >= 11 is 0. The van der Waals surface area contributed by atoms with Crippen molar-refractivity contribution in [3.8, 4) is 0 Å². The molecular formula is C13H25N. The highest BCUT2D eigenvalue weighted by Crippen LogP contribution is 2.35. The van der Waals surface area contributed by atoms with Crippen LogP contribution in [0.5, 0.6) is 0 Å². The van der Waals surface area contributed by atoms with Gasteiger partial charge in [0.25, 0.3) is 0 Å². The topological polar surface area (TPSA) is 26.0 Å². The molecule has 0 aromatic rings. The van der Waals surface area contributed by atoms with E-state index in [0.29, 0.717) is 0 Å². The number of rotatable bonds is 4. The number of hydrogen-bond acceptors (Lipinski definition) is 1. The van der Waals surface area contributed by atoms with Crippen molar-refractivity contribution >= 4 is 0 Å². The molecule has 0 aliphatic heterocycles. The molecule has 0 heterocycles. The van der Waals surface area contributed by atoms with Gasteiger partial charge >= 0.3 is 0 Å². The van der Waals surface area contributed by atoms with Crippen molar-refractivity contribution in [2.45, 2.75) is 46.0 Å². The van der Waals surface area contributed by atoms with Crippen LogP contribution in [0.1, 0.15) is 46.0 Å². The molecule has 0 saturated heterocycles. The molecule has 82 valence electrons. The van der Waals surface area contributed by atoms with E-state index in [-0.39, 0.29) is 0 Å². The molecule has 1 saturated carbocycles. The highest BCUT2D eigenvalue weighted by Gasteiger charge is 2.24. The molecule has 0 aromatic carbocycles. The lowest BCUT2D eigenvalue weighted by Gasteiger charge is -2.32. The van der Waals surface area contributed by atoms with Crippen LogP contribution in [-0.4, -0.2) is 6.54 Å². The maximum absolute atomic E-state index is 5.47. The molecule has 0 radical (unpaired) electrons. The third-order valence-corrected chi connectivity index (χ3v) is 3.57. The monoisotopic (exact) mass is 195 g/mol. The molecular weight excluding hydrogens is 170 g/mol. The summed E-state index contributed by atoms with van der Waals surface area (Å²) in [6.45, 7) is 5.61. The number of allylic oxidation sites excluding steroid dienone is 2. The number of hydrogen-bond donors (Lipinski definition) is 1. The summed E-state index contributed by atoms with van der Waals surface area (Å²) in [5.41, 5.74) is 5.47. The molecule has 3 atom stereocenters. The van der Waals surface area contributed by atoms with Gasteiger partial charge in [-0.2, -0.15) is 0 Å². The Bertz CT molecular complexity index is 164. The predicted octanol–water partition coefficient (Wildman–Crippen LogP) is 3.35. The van der Waals surface area contributed by atoms with Gasteiger partial charge in [0.15, 0.2) is 0 Å². The van der Waals surface area contributed by atoms with Gasteiger partial charge in [0.05, 0.1) is 0 Å². The quantitative estimate of drug-likeness (QED) is 0.540. The lowest BCUT2D eigenvalue weighted by Crippen LogP contribution is -2.22. The zero-order chi connectivity index (χ0) is 10.4. The molecule has 2 unspecified atom stereocenters. The molecule has 2 N–H and O–H groups in total. The Morgan fingerprint density at radius 3 is 2.43 bits per heavy atom. The Kier molecular flexibility index (Phi) is 5.24. The van der Waals surface area contributed by atoms with Gasteiger partial charge in [-0.3, -0.25) is 0 Å². The van der Waals surface area contributed by atoms with Crippen molar-refractivity contribution in [3.05, 3.63) is 12.2 Å². The van der Waals surface area contributed by atoms with Gasteiger partial charge in [0.2, 0.25) is 0 Å². The maximum Gasteiger partial charge on any atom is -0.00743 e. The fourth-order valence-corrected chi connectivity index (χ4v) is 2.58. The first-order chi connectivity index (χ1) is 6.75. The molecule has 0 bridgehead atoms. The van der Waals surface area contributed by atoms with Gasteiger partial charge in [0.1, 0.15) is 0 Å². The van der Waals surface area contributed by atoms with Crippen molar-refractivity contribution < 1.29 is 0 Å². The molecule has 1 aliphatic carbocycles. The summed E-state index contributed by atoms with van der Waals surface area (Å²) in [5, 5.41) is 0. The van der Waals surface area contributed by atoms with E-state index in [4.69, 9.17) is 5.73 Å². The molecule has 1 rings (SSSR count). The standard InChI is InChI=1S/C13H25N/c1-11-7-6-8-12(2)13(11)9-4-3-5-10-14/h4,9,11-13H,3,5-8,10,14H2,1-2H3/b9-4-/t11-,12?,13?/m1/s1. The fourth-order valence-electron chi connectivity index (χ4n) is 2.58. The average molecular weight is 195 g/mol. The molecule has 0 amide bonds. The fraction of sp³-hybridized carbons (Fsp3) is 0.846. The number of unbranched alkanes of at least 4 members (excludes halogenated alkanes) is 1. The molecule has 1 aliphatic rings. The lowest BCUT2D eigenvalue weighted by molar-refractivity contribution is 0.224. The van der Waals surface area contributed by atoms with E-state index in [1.807, 2.05) is 0 Å². The second kappa shape index (κ2) is 6.23. The van der Waals surface area contributed by atoms with Gasteiger partial charge in [0, 0.05) is 0 Å². The Morgan fingerprint density at radius 1 is 1.21 bits per heavy atom. The second-order valence-electron chi connectivity index (χ2n) is 4.82. The first kappa shape index (κ1) is 11.8. The van der Waals surface area contributed by atoms with Crippen LogP contribution < -0.4 is 5.73 Å². The van der Waals surface area contributed by atoms with Crippen LogP contribution in [0.3, 0.4) is 0 Å². The predicted molar refractivity (Wildman–Crippen MR) is 63.1 cm³/mol. The third kappa shape index (κ3) is 3.45. The largest absolute Gasteiger partial charge is 0.330 e. The molecule has 1 fully saturated rings. The Morgan fingerprint density at radius 2 is 1.86 bits per heavy atom. The van der Waals surface area contributed by atoms with Gasteiger partial charge in [-0.1, -0.05) is 45.3 Å². The van der Waals surface area contributed by atoms with Crippen LogP contribution in [-0.2, 0) is 0 Å². The van der Waals surface area contributed by atoms with Crippen molar-refractivity contribution in [2.75, 3.05) is 6.54 Å². The van der Waals surface area contributed by atoms with Gasteiger partial charge in [-0.05, 0) is 37.1 Å². The van der Waals surface area contributed by atoms with Crippen molar-refractivity contribution in [1.29, 1.82) is 0 Å². The maximum atomic E-state index is 5.47. The molecule has 0 aromatic heterocycles. The summed E-state index contributed by atoms with van der Waals surface area (Å²) in [4.78, 5) is 0. The van der Waals surface area contributed by atoms with E-state index in [1.54, 1.807) is 0 Å². The lowest BCUT2D eigenvalue weighted by atomic mass is 9.73. The van der Waals surface area contributed by atoms with Crippen molar-refractivity contribution in [3.63, 3.8) is 0 Å². The molecule has 14 heavy (non-hydrogen) atoms. The van der Waals surface area contributed by atoms with Crippen LogP contribution in [0.2, 0.25) is 0 Å². The second-order valence-corrected chi connectivity index (χ2v) is 4.82. The zero-order valence-corrected chi connectivity index (χ0v) is 9.71. The minimum absolute atomic E-state index is 0.820. The summed E-state index contributed by atoms with van der Waals surface area (Å²) in [6.07, 6.45) is 11.3. The van der Waals surface area contributed by atoms with Crippen LogP contribution >= 0.6 is 0 Å². The summed E-state index contributed by atoms with van der Waals surface area (Å²) in [6, 6.07) is 0. The minimum atomic E-state index is 0.820. The Hall–Kier alpha value is -0.300. The van der Waals surface area contributed by atoms with E-state index >= 15 is 0 Å². The zero-order valence-electron chi connectivity index (χ0n) is 9.71. The van der Waals surface area contributed by atoms with E-state index < -0.39 is 0 Å². The van der Waals surface area contributed by atoms with E-state index in [9.17, 15) is 0 Å². The Balaban J connectivity index is 2.35. The van der Waals surface area contributed by atoms with E-state index in [1.165, 1.54) is 19.3 Å². The first-order valence-electron chi connectivity index (χ1n) is 6.12. The van der Waals surface area contributed by atoms with Crippen LogP contribution in [0, 0.1) is 17.8 Å². The van der Waals surface area contributed by atoms with Crippen molar-refractivity contribution in [1.82, 2.24) is 0 Å².